The van der Waals surface area contributed by atoms with Gasteiger partial charge in [0.25, 0.3) is 0 Å². The van der Waals surface area contributed by atoms with Gasteiger partial charge in [-0.15, -0.1) is 0 Å². The summed E-state index contributed by atoms with van der Waals surface area (Å²) in [5.74, 6) is 10.7. The first-order valence-corrected chi connectivity index (χ1v) is 7.33. The Labute approximate surface area is 92.8 Å². The molecule has 7 fully saturated rings. The number of hydrogen-bond donors (Lipinski definition) is 0. The first-order chi connectivity index (χ1) is 7.33. The quantitative estimate of drug-likeness (QED) is 0.563. The average Bonchev–Trinajstić information content (AvgIpc) is 2.26. The molecule has 7 saturated carbocycles. The summed E-state index contributed by atoms with van der Waals surface area (Å²) in [6.45, 7) is 2.60. The molecule has 0 spiro atoms. The lowest BCUT2D eigenvalue weighted by atomic mass is 9.34. The second-order valence-electron chi connectivity index (χ2n) is 7.56. The van der Waals surface area contributed by atoms with Crippen molar-refractivity contribution in [2.45, 2.75) is 39.0 Å². The Balaban J connectivity index is 1.69. The minimum Gasteiger partial charge on any atom is -0.0620 e. The lowest BCUT2D eigenvalue weighted by Gasteiger charge is -2.71. The standard InChI is InChI=1S/C15H22/c1-7-9-5-11-10-2-8-3-13(11)15(7)14(4-8)12(10)6-9/h7-15H,2-6H2,1H3/t7-,8?,9?,10?,11?,12?,13-,14?,15?/m1/s1. The van der Waals surface area contributed by atoms with Crippen LogP contribution in [0.4, 0.5) is 0 Å². The Bertz CT molecular complexity index is 296. The highest BCUT2D eigenvalue weighted by atomic mass is 14.7. The van der Waals surface area contributed by atoms with Crippen molar-refractivity contribution in [1.29, 1.82) is 0 Å². The lowest BCUT2D eigenvalue weighted by molar-refractivity contribution is -0.226. The topological polar surface area (TPSA) is 0 Å². The molecule has 7 unspecified atom stereocenters. The molecule has 8 bridgehead atoms. The van der Waals surface area contributed by atoms with Gasteiger partial charge in [-0.25, -0.2) is 0 Å². The van der Waals surface area contributed by atoms with Crippen molar-refractivity contribution in [2.75, 3.05) is 0 Å². The van der Waals surface area contributed by atoms with E-state index in [1.54, 1.807) is 32.1 Å². The summed E-state index contributed by atoms with van der Waals surface area (Å²) in [7, 11) is 0. The smallest absolute Gasteiger partial charge is 0.0323 e. The summed E-state index contributed by atoms with van der Waals surface area (Å²) in [6, 6.07) is 0. The van der Waals surface area contributed by atoms with Crippen LogP contribution in [0.2, 0.25) is 0 Å². The number of rotatable bonds is 0. The molecule has 0 amide bonds. The monoisotopic (exact) mass is 202 g/mol. The molecule has 15 heavy (non-hydrogen) atoms. The highest BCUT2D eigenvalue weighted by molar-refractivity contribution is 5.13. The van der Waals surface area contributed by atoms with E-state index in [2.05, 4.69) is 6.92 Å². The fourth-order valence-electron chi connectivity index (χ4n) is 7.32. The Morgan fingerprint density at radius 3 is 1.87 bits per heavy atom. The van der Waals surface area contributed by atoms with Gasteiger partial charge in [0.1, 0.15) is 0 Å². The van der Waals surface area contributed by atoms with Crippen molar-refractivity contribution in [3.8, 4) is 0 Å². The van der Waals surface area contributed by atoms with E-state index in [9.17, 15) is 0 Å². The maximum absolute atomic E-state index is 2.60. The summed E-state index contributed by atoms with van der Waals surface area (Å²) >= 11 is 0. The Kier molecular flexibility index (Phi) is 1.25. The molecule has 0 heteroatoms. The van der Waals surface area contributed by atoms with Crippen molar-refractivity contribution < 1.29 is 0 Å². The van der Waals surface area contributed by atoms with Crippen LogP contribution in [0.5, 0.6) is 0 Å². The normalized spacial score (nSPS) is 73.0. The van der Waals surface area contributed by atoms with Gasteiger partial charge in [0.2, 0.25) is 0 Å². The summed E-state index contributed by atoms with van der Waals surface area (Å²) in [6.07, 6.45) is 8.22. The van der Waals surface area contributed by atoms with Crippen LogP contribution in [0.25, 0.3) is 0 Å². The molecule has 0 aromatic heterocycles. The van der Waals surface area contributed by atoms with Gasteiger partial charge in [-0.05, 0) is 85.4 Å². The molecular weight excluding hydrogens is 180 g/mol. The molecule has 0 radical (unpaired) electrons. The molecule has 82 valence electrons. The van der Waals surface area contributed by atoms with Crippen LogP contribution in [-0.2, 0) is 0 Å². The van der Waals surface area contributed by atoms with Gasteiger partial charge >= 0.3 is 0 Å². The second-order valence-corrected chi connectivity index (χ2v) is 7.56. The van der Waals surface area contributed by atoms with Gasteiger partial charge in [-0.3, -0.25) is 0 Å². The van der Waals surface area contributed by atoms with Crippen LogP contribution in [0.3, 0.4) is 0 Å². The largest absolute Gasteiger partial charge is 0.0620 e. The van der Waals surface area contributed by atoms with E-state index in [0.717, 1.165) is 11.8 Å². The van der Waals surface area contributed by atoms with E-state index in [1.807, 2.05) is 0 Å². The Hall–Kier alpha value is 0. The Morgan fingerprint density at radius 2 is 1.20 bits per heavy atom. The molecule has 9 atom stereocenters. The molecule has 0 aromatic rings. The van der Waals surface area contributed by atoms with E-state index in [-0.39, 0.29) is 0 Å². The molecule has 7 rings (SSSR count). The molecule has 0 N–H and O–H groups in total. The predicted molar refractivity (Wildman–Crippen MR) is 60.2 cm³/mol. The molecule has 7 aliphatic rings. The first-order valence-electron chi connectivity index (χ1n) is 7.33. The van der Waals surface area contributed by atoms with Gasteiger partial charge in [0.15, 0.2) is 0 Å². The van der Waals surface area contributed by atoms with E-state index in [0.29, 0.717) is 0 Å². The molecule has 0 saturated heterocycles. The fraction of sp³-hybridized carbons (Fsp3) is 1.00. The summed E-state index contributed by atoms with van der Waals surface area (Å²) in [4.78, 5) is 0. The molecule has 0 heterocycles. The molecule has 7 aliphatic carbocycles. The third-order valence-electron chi connectivity index (χ3n) is 7.51. The van der Waals surface area contributed by atoms with Gasteiger partial charge < -0.3 is 0 Å². The van der Waals surface area contributed by atoms with Crippen LogP contribution in [-0.4, -0.2) is 0 Å². The van der Waals surface area contributed by atoms with Crippen molar-refractivity contribution in [3.63, 3.8) is 0 Å². The third kappa shape index (κ3) is 0.746. The van der Waals surface area contributed by atoms with Gasteiger partial charge in [0, 0.05) is 0 Å². The van der Waals surface area contributed by atoms with Crippen molar-refractivity contribution in [2.24, 2.45) is 53.3 Å². The minimum atomic E-state index is 1.10. The van der Waals surface area contributed by atoms with Gasteiger partial charge in [0.05, 0.1) is 0 Å². The maximum atomic E-state index is 2.60. The fourth-order valence-corrected chi connectivity index (χ4v) is 7.32. The predicted octanol–water partition coefficient (Wildman–Crippen LogP) is 3.57. The van der Waals surface area contributed by atoms with Crippen LogP contribution < -0.4 is 0 Å². The van der Waals surface area contributed by atoms with Crippen LogP contribution in [0.1, 0.15) is 39.0 Å². The van der Waals surface area contributed by atoms with Crippen molar-refractivity contribution >= 4 is 0 Å². The van der Waals surface area contributed by atoms with Crippen molar-refractivity contribution in [1.82, 2.24) is 0 Å². The zero-order chi connectivity index (χ0) is 9.73. The zero-order valence-corrected chi connectivity index (χ0v) is 9.73. The third-order valence-corrected chi connectivity index (χ3v) is 7.51. The van der Waals surface area contributed by atoms with Gasteiger partial charge in [-0.2, -0.15) is 0 Å². The van der Waals surface area contributed by atoms with Crippen molar-refractivity contribution in [3.05, 3.63) is 0 Å². The van der Waals surface area contributed by atoms with E-state index < -0.39 is 0 Å². The summed E-state index contributed by atoms with van der Waals surface area (Å²) in [5.41, 5.74) is 0. The summed E-state index contributed by atoms with van der Waals surface area (Å²) in [5, 5.41) is 0. The van der Waals surface area contributed by atoms with Gasteiger partial charge in [-0.1, -0.05) is 6.92 Å². The maximum Gasteiger partial charge on any atom is -0.0323 e. The van der Waals surface area contributed by atoms with E-state index in [4.69, 9.17) is 0 Å². The summed E-state index contributed by atoms with van der Waals surface area (Å²) < 4.78 is 0. The minimum absolute atomic E-state index is 1.10. The molecule has 0 aliphatic heterocycles. The highest BCUT2D eigenvalue weighted by Gasteiger charge is 2.65. The molecule has 0 nitrogen and oxygen atoms in total. The lowest BCUT2D eigenvalue weighted by Crippen LogP contribution is -2.64. The number of hydrogen-bond acceptors (Lipinski definition) is 0. The van der Waals surface area contributed by atoms with Crippen LogP contribution in [0, 0.1) is 53.3 Å². The van der Waals surface area contributed by atoms with Crippen LogP contribution in [0.15, 0.2) is 0 Å². The van der Waals surface area contributed by atoms with E-state index in [1.165, 1.54) is 41.4 Å². The Morgan fingerprint density at radius 1 is 0.667 bits per heavy atom. The molecular formula is C15H22. The SMILES string of the molecule is C[C@@H]1C2CC3C4CC5CC3C1[C@H](C5)C4C2. The molecule has 0 aromatic carbocycles. The average molecular weight is 202 g/mol. The second kappa shape index (κ2) is 2.31. The van der Waals surface area contributed by atoms with Crippen LogP contribution >= 0.6 is 0 Å². The highest BCUT2D eigenvalue weighted by Crippen LogP contribution is 2.72. The first kappa shape index (κ1) is 8.14. The zero-order valence-electron chi connectivity index (χ0n) is 9.73. The van der Waals surface area contributed by atoms with E-state index >= 15 is 0 Å².